The molecule has 6 heteroatoms. The number of hydrogen-bond donors (Lipinski definition) is 2. The van der Waals surface area contributed by atoms with Crippen molar-refractivity contribution in [2.75, 3.05) is 13.7 Å². The molecule has 0 aromatic carbocycles. The molecule has 0 aliphatic carbocycles. The summed E-state index contributed by atoms with van der Waals surface area (Å²) in [5, 5.41) is 5.89. The van der Waals surface area contributed by atoms with Crippen molar-refractivity contribution in [3.63, 3.8) is 0 Å². The van der Waals surface area contributed by atoms with Crippen LogP contribution in [0.2, 0.25) is 0 Å². The van der Waals surface area contributed by atoms with Gasteiger partial charge in [-0.25, -0.2) is 4.79 Å². The Morgan fingerprint density at radius 1 is 0.467 bits per heavy atom. The summed E-state index contributed by atoms with van der Waals surface area (Å²) in [5.41, 5.74) is 0. The highest BCUT2D eigenvalue weighted by atomic mass is 16.5. The van der Waals surface area contributed by atoms with Gasteiger partial charge in [-0.2, -0.15) is 0 Å². The summed E-state index contributed by atoms with van der Waals surface area (Å²) in [6, 6.07) is -0.606. The quantitative estimate of drug-likeness (QED) is 0.0535. The lowest BCUT2D eigenvalue weighted by Gasteiger charge is -2.16. The molecule has 45 heavy (non-hydrogen) atoms. The molecule has 0 fully saturated rings. The van der Waals surface area contributed by atoms with Crippen LogP contribution in [-0.4, -0.2) is 37.5 Å². The maximum absolute atomic E-state index is 12.4. The molecule has 0 saturated heterocycles. The van der Waals surface area contributed by atoms with Gasteiger partial charge in [0.2, 0.25) is 11.8 Å². The summed E-state index contributed by atoms with van der Waals surface area (Å²) in [4.78, 5) is 36.8. The summed E-state index contributed by atoms with van der Waals surface area (Å²) in [7, 11) is 1.37. The molecule has 1 atom stereocenters. The first kappa shape index (κ1) is 43.4. The molecule has 0 rings (SSSR count). The fourth-order valence-electron chi connectivity index (χ4n) is 6.05. The average molecular weight is 637 g/mol. The highest BCUT2D eigenvalue weighted by Gasteiger charge is 2.20. The van der Waals surface area contributed by atoms with Crippen molar-refractivity contribution in [2.45, 2.75) is 219 Å². The number of methoxy groups -OCH3 is 1. The summed E-state index contributed by atoms with van der Waals surface area (Å²) < 4.78 is 4.92. The van der Waals surface area contributed by atoms with E-state index in [0.717, 1.165) is 38.5 Å². The minimum Gasteiger partial charge on any atom is -0.467 e. The molecule has 0 heterocycles. The van der Waals surface area contributed by atoms with Crippen LogP contribution in [0.3, 0.4) is 0 Å². The van der Waals surface area contributed by atoms with E-state index in [1.807, 2.05) is 0 Å². The molecule has 0 radical (unpaired) electrons. The average Bonchev–Trinajstić information content (AvgIpc) is 3.04. The number of esters is 1. The second-order valence-electron chi connectivity index (χ2n) is 13.5. The molecule has 0 saturated carbocycles. The van der Waals surface area contributed by atoms with E-state index in [-0.39, 0.29) is 17.8 Å². The van der Waals surface area contributed by atoms with Gasteiger partial charge in [-0.1, -0.05) is 168 Å². The van der Waals surface area contributed by atoms with Crippen molar-refractivity contribution in [3.05, 3.63) is 0 Å². The van der Waals surface area contributed by atoms with E-state index < -0.39 is 6.04 Å². The van der Waals surface area contributed by atoms with Gasteiger partial charge in [-0.3, -0.25) is 9.59 Å². The first-order valence-corrected chi connectivity index (χ1v) is 19.7. The number of hydrogen-bond acceptors (Lipinski definition) is 4. The largest absolute Gasteiger partial charge is 0.467 e. The van der Waals surface area contributed by atoms with Gasteiger partial charge in [0.05, 0.1) is 7.11 Å². The van der Waals surface area contributed by atoms with Gasteiger partial charge in [0.1, 0.15) is 6.04 Å². The summed E-state index contributed by atoms with van der Waals surface area (Å²) >= 11 is 0. The smallest absolute Gasteiger partial charge is 0.328 e. The third-order valence-corrected chi connectivity index (χ3v) is 9.08. The lowest BCUT2D eigenvalue weighted by molar-refractivity contribution is -0.145. The standard InChI is InChI=1S/C39H76N2O4/c1-4-6-8-10-12-14-16-18-20-22-24-26-28-33-37(42)40-35-31-30-32-36(39(44)45-3)41-38(43)34-29-27-25-23-21-19-17-15-13-11-9-7-5-2/h36H,4-35H2,1-3H3,(H,40,42)(H,41,43)/t36-/m0/s1. The Bertz CT molecular complexity index is 669. The molecule has 0 aromatic rings. The number of nitrogens with one attached hydrogen (secondary N) is 2. The topological polar surface area (TPSA) is 84.5 Å². The van der Waals surface area contributed by atoms with E-state index in [4.69, 9.17) is 4.74 Å². The van der Waals surface area contributed by atoms with E-state index in [0.29, 0.717) is 25.8 Å². The highest BCUT2D eigenvalue weighted by Crippen LogP contribution is 2.14. The van der Waals surface area contributed by atoms with Crippen molar-refractivity contribution in [1.82, 2.24) is 10.6 Å². The summed E-state index contributed by atoms with van der Waals surface area (Å²) in [6.07, 6.45) is 36.7. The molecule has 0 aromatic heterocycles. The Kier molecular flexibility index (Phi) is 34.0. The zero-order chi connectivity index (χ0) is 33.1. The molecule has 0 aliphatic rings. The van der Waals surface area contributed by atoms with Crippen LogP contribution in [0.15, 0.2) is 0 Å². The van der Waals surface area contributed by atoms with Crippen LogP contribution in [-0.2, 0) is 19.1 Å². The van der Waals surface area contributed by atoms with Crippen molar-refractivity contribution >= 4 is 17.8 Å². The second-order valence-corrected chi connectivity index (χ2v) is 13.5. The van der Waals surface area contributed by atoms with E-state index in [1.165, 1.54) is 148 Å². The van der Waals surface area contributed by atoms with E-state index >= 15 is 0 Å². The summed E-state index contributed by atoms with van der Waals surface area (Å²) in [6.45, 7) is 5.14. The van der Waals surface area contributed by atoms with Gasteiger partial charge in [0, 0.05) is 19.4 Å². The molecule has 266 valence electrons. The maximum Gasteiger partial charge on any atom is 0.328 e. The van der Waals surface area contributed by atoms with Gasteiger partial charge in [-0.15, -0.1) is 0 Å². The Balaban J connectivity index is 3.71. The van der Waals surface area contributed by atoms with Crippen molar-refractivity contribution in [3.8, 4) is 0 Å². The number of amides is 2. The van der Waals surface area contributed by atoms with Crippen LogP contribution in [0.25, 0.3) is 0 Å². The minimum absolute atomic E-state index is 0.0698. The van der Waals surface area contributed by atoms with Crippen LogP contribution in [0.1, 0.15) is 213 Å². The highest BCUT2D eigenvalue weighted by molar-refractivity contribution is 5.84. The number of ether oxygens (including phenoxy) is 1. The third-order valence-electron chi connectivity index (χ3n) is 9.08. The molecule has 6 nitrogen and oxygen atoms in total. The first-order valence-electron chi connectivity index (χ1n) is 19.7. The molecule has 0 aliphatic heterocycles. The van der Waals surface area contributed by atoms with E-state index in [1.54, 1.807) is 0 Å². The molecular formula is C39H76N2O4. The summed E-state index contributed by atoms with van der Waals surface area (Å²) in [5.74, 6) is -0.339. The van der Waals surface area contributed by atoms with Crippen LogP contribution >= 0.6 is 0 Å². The molecule has 0 unspecified atom stereocenters. The maximum atomic E-state index is 12.4. The minimum atomic E-state index is -0.606. The lowest BCUT2D eigenvalue weighted by atomic mass is 10.0. The number of carbonyl (C=O) groups is 3. The van der Waals surface area contributed by atoms with E-state index in [2.05, 4.69) is 24.5 Å². The molecule has 0 bridgehead atoms. The van der Waals surface area contributed by atoms with Gasteiger partial charge in [0.15, 0.2) is 0 Å². The fourth-order valence-corrected chi connectivity index (χ4v) is 6.05. The second kappa shape index (κ2) is 35.3. The van der Waals surface area contributed by atoms with Crippen LogP contribution in [0.4, 0.5) is 0 Å². The zero-order valence-corrected chi connectivity index (χ0v) is 30.3. The number of carbonyl (C=O) groups excluding carboxylic acids is 3. The third kappa shape index (κ3) is 32.2. The predicted molar refractivity (Wildman–Crippen MR) is 191 cm³/mol. The van der Waals surface area contributed by atoms with Gasteiger partial charge in [-0.05, 0) is 32.1 Å². The molecule has 0 spiro atoms. The Labute approximate surface area is 279 Å². The van der Waals surface area contributed by atoms with E-state index in [9.17, 15) is 14.4 Å². The normalized spacial score (nSPS) is 11.8. The van der Waals surface area contributed by atoms with Gasteiger partial charge >= 0.3 is 5.97 Å². The van der Waals surface area contributed by atoms with Gasteiger partial charge < -0.3 is 15.4 Å². The molecular weight excluding hydrogens is 560 g/mol. The monoisotopic (exact) mass is 637 g/mol. The molecule has 2 N–H and O–H groups in total. The lowest BCUT2D eigenvalue weighted by Crippen LogP contribution is -2.41. The Hall–Kier alpha value is -1.59. The number of rotatable bonds is 35. The van der Waals surface area contributed by atoms with Crippen molar-refractivity contribution in [2.24, 2.45) is 0 Å². The number of unbranched alkanes of at least 4 members (excludes halogenated alkanes) is 25. The van der Waals surface area contributed by atoms with Crippen molar-refractivity contribution in [1.29, 1.82) is 0 Å². The zero-order valence-electron chi connectivity index (χ0n) is 30.3. The predicted octanol–water partition coefficient (Wildman–Crippen LogP) is 10.9. The first-order chi connectivity index (χ1) is 22.0. The van der Waals surface area contributed by atoms with Crippen LogP contribution in [0.5, 0.6) is 0 Å². The Morgan fingerprint density at radius 3 is 1.20 bits per heavy atom. The SMILES string of the molecule is CCCCCCCCCCCCCCCC(=O)NCCCC[C@H](NC(=O)CCCCCCCCCCCCCCC)C(=O)OC. The van der Waals surface area contributed by atoms with Crippen LogP contribution < -0.4 is 10.6 Å². The van der Waals surface area contributed by atoms with Crippen molar-refractivity contribution < 1.29 is 19.1 Å². The Morgan fingerprint density at radius 2 is 0.822 bits per heavy atom. The fraction of sp³-hybridized carbons (Fsp3) is 0.923. The van der Waals surface area contributed by atoms with Crippen LogP contribution in [0, 0.1) is 0 Å². The van der Waals surface area contributed by atoms with Gasteiger partial charge in [0.25, 0.3) is 0 Å². The molecule has 2 amide bonds.